The maximum absolute atomic E-state index is 12.9. The standard InChI is InChI=1S/C21H22ClN3O3S/c1-4-25(11-19(26)23-16-10-15(22)7-5-12(16)2)21(28)14-6-8-18-17(9-14)24-20(27)13(3)29-18/h5-10,13H,4,11H2,1-3H3,(H,23,26)(H,24,27)/t13-/m0/s1. The lowest BCUT2D eigenvalue weighted by molar-refractivity contribution is -0.117. The minimum atomic E-state index is -0.304. The first kappa shape index (κ1) is 21.2. The van der Waals surface area contributed by atoms with Gasteiger partial charge in [-0.3, -0.25) is 14.4 Å². The molecule has 0 saturated carbocycles. The average molecular weight is 432 g/mol. The van der Waals surface area contributed by atoms with Crippen LogP contribution in [0.15, 0.2) is 41.3 Å². The van der Waals surface area contributed by atoms with E-state index in [2.05, 4.69) is 10.6 Å². The Labute approximate surface area is 179 Å². The Kier molecular flexibility index (Phi) is 6.49. The highest BCUT2D eigenvalue weighted by atomic mass is 35.5. The minimum absolute atomic E-state index is 0.0868. The summed E-state index contributed by atoms with van der Waals surface area (Å²) in [6.07, 6.45) is 0. The fourth-order valence-electron chi connectivity index (χ4n) is 2.94. The summed E-state index contributed by atoms with van der Waals surface area (Å²) in [6.45, 7) is 5.80. The summed E-state index contributed by atoms with van der Waals surface area (Å²) in [4.78, 5) is 39.7. The van der Waals surface area contributed by atoms with Gasteiger partial charge < -0.3 is 15.5 Å². The Morgan fingerprint density at radius 3 is 2.72 bits per heavy atom. The van der Waals surface area contributed by atoms with Gasteiger partial charge in [-0.25, -0.2) is 0 Å². The second-order valence-corrected chi connectivity index (χ2v) is 8.61. The molecule has 6 nitrogen and oxygen atoms in total. The Morgan fingerprint density at radius 2 is 2.00 bits per heavy atom. The molecule has 1 heterocycles. The quantitative estimate of drug-likeness (QED) is 0.744. The normalized spacial score (nSPS) is 15.3. The van der Waals surface area contributed by atoms with Crippen LogP contribution < -0.4 is 10.6 Å². The zero-order chi connectivity index (χ0) is 21.1. The van der Waals surface area contributed by atoms with Crippen LogP contribution in [0.1, 0.15) is 29.8 Å². The average Bonchev–Trinajstić information content (AvgIpc) is 2.69. The van der Waals surface area contributed by atoms with Crippen LogP contribution in [0, 0.1) is 6.92 Å². The van der Waals surface area contributed by atoms with Crippen LogP contribution in [0.4, 0.5) is 11.4 Å². The molecule has 0 unspecified atom stereocenters. The fraction of sp³-hybridized carbons (Fsp3) is 0.286. The number of fused-ring (bicyclic) bond motifs is 1. The molecule has 3 amide bonds. The molecule has 2 aromatic rings. The summed E-state index contributed by atoms with van der Waals surface area (Å²) < 4.78 is 0. The number of benzene rings is 2. The van der Waals surface area contributed by atoms with Crippen molar-refractivity contribution in [2.45, 2.75) is 30.9 Å². The van der Waals surface area contributed by atoms with Gasteiger partial charge in [0, 0.05) is 27.7 Å². The smallest absolute Gasteiger partial charge is 0.254 e. The van der Waals surface area contributed by atoms with Gasteiger partial charge in [-0.15, -0.1) is 11.8 Å². The highest BCUT2D eigenvalue weighted by Crippen LogP contribution is 2.36. The third kappa shape index (κ3) is 4.92. The second kappa shape index (κ2) is 8.88. The number of nitrogens with one attached hydrogen (secondary N) is 2. The van der Waals surface area contributed by atoms with Crippen LogP contribution in [-0.4, -0.2) is 41.0 Å². The predicted octanol–water partition coefficient (Wildman–Crippen LogP) is 4.18. The number of nitrogens with zero attached hydrogens (tertiary/aromatic N) is 1. The molecule has 0 bridgehead atoms. The second-order valence-electron chi connectivity index (χ2n) is 6.79. The maximum Gasteiger partial charge on any atom is 0.254 e. The van der Waals surface area contributed by atoms with Crippen molar-refractivity contribution in [3.8, 4) is 0 Å². The van der Waals surface area contributed by atoms with Gasteiger partial charge in [0.05, 0.1) is 10.9 Å². The minimum Gasteiger partial charge on any atom is -0.330 e. The molecule has 0 fully saturated rings. The van der Waals surface area contributed by atoms with Crippen LogP contribution in [-0.2, 0) is 9.59 Å². The van der Waals surface area contributed by atoms with Gasteiger partial charge in [0.15, 0.2) is 0 Å². The number of amides is 3. The third-order valence-electron chi connectivity index (χ3n) is 4.63. The summed E-state index contributed by atoms with van der Waals surface area (Å²) in [7, 11) is 0. The molecule has 0 aromatic heterocycles. The molecular formula is C21H22ClN3O3S. The molecular weight excluding hydrogens is 410 g/mol. The molecule has 2 N–H and O–H groups in total. The van der Waals surface area contributed by atoms with E-state index < -0.39 is 0 Å². The molecule has 2 aromatic carbocycles. The molecule has 29 heavy (non-hydrogen) atoms. The largest absolute Gasteiger partial charge is 0.330 e. The molecule has 0 saturated heterocycles. The number of anilines is 2. The molecule has 1 atom stereocenters. The van der Waals surface area contributed by atoms with Gasteiger partial charge in [0.2, 0.25) is 11.8 Å². The van der Waals surface area contributed by atoms with Gasteiger partial charge in [-0.2, -0.15) is 0 Å². The topological polar surface area (TPSA) is 78.5 Å². The van der Waals surface area contributed by atoms with Crippen LogP contribution in [0.5, 0.6) is 0 Å². The van der Waals surface area contributed by atoms with Crippen LogP contribution in [0.3, 0.4) is 0 Å². The number of halogens is 1. The molecule has 1 aliphatic rings. The van der Waals surface area contributed by atoms with Crippen molar-refractivity contribution in [1.29, 1.82) is 0 Å². The maximum atomic E-state index is 12.9. The SMILES string of the molecule is CCN(CC(=O)Nc1cc(Cl)ccc1C)C(=O)c1ccc2c(c1)NC(=O)[C@H](C)S2. The number of aryl methyl sites for hydroxylation is 1. The van der Waals surface area contributed by atoms with E-state index in [9.17, 15) is 14.4 Å². The highest BCUT2D eigenvalue weighted by molar-refractivity contribution is 8.00. The summed E-state index contributed by atoms with van der Waals surface area (Å²) in [5.41, 5.74) is 2.55. The van der Waals surface area contributed by atoms with Gasteiger partial charge in [0.1, 0.15) is 6.54 Å². The molecule has 0 aliphatic carbocycles. The number of hydrogen-bond acceptors (Lipinski definition) is 4. The lowest BCUT2D eigenvalue weighted by Crippen LogP contribution is -2.38. The number of rotatable bonds is 5. The zero-order valence-electron chi connectivity index (χ0n) is 16.4. The number of likely N-dealkylation sites (N-methyl/N-ethyl adjacent to an activating group) is 1. The van der Waals surface area contributed by atoms with Crippen molar-refractivity contribution >= 4 is 52.5 Å². The van der Waals surface area contributed by atoms with Crippen LogP contribution in [0.25, 0.3) is 0 Å². The van der Waals surface area contributed by atoms with Crippen LogP contribution in [0.2, 0.25) is 5.02 Å². The summed E-state index contributed by atoms with van der Waals surface area (Å²) >= 11 is 7.45. The molecule has 0 radical (unpaired) electrons. The van der Waals surface area contributed by atoms with Crippen molar-refractivity contribution in [3.05, 3.63) is 52.5 Å². The van der Waals surface area contributed by atoms with Crippen molar-refractivity contribution < 1.29 is 14.4 Å². The Hall–Kier alpha value is -2.51. The van der Waals surface area contributed by atoms with E-state index in [1.54, 1.807) is 24.3 Å². The van der Waals surface area contributed by atoms with Gasteiger partial charge in [-0.1, -0.05) is 17.7 Å². The fourth-order valence-corrected chi connectivity index (χ4v) is 4.05. The first-order chi connectivity index (χ1) is 13.8. The first-order valence-corrected chi connectivity index (χ1v) is 10.5. The summed E-state index contributed by atoms with van der Waals surface area (Å²) in [6, 6.07) is 10.5. The van der Waals surface area contributed by atoms with Crippen molar-refractivity contribution in [2.24, 2.45) is 0 Å². The lowest BCUT2D eigenvalue weighted by Gasteiger charge is -2.24. The molecule has 1 aliphatic heterocycles. The molecule has 8 heteroatoms. The van der Waals surface area contributed by atoms with E-state index in [0.717, 1.165) is 10.5 Å². The third-order valence-corrected chi connectivity index (χ3v) is 6.05. The Bertz CT molecular complexity index is 980. The van der Waals surface area contributed by atoms with Crippen molar-refractivity contribution in [2.75, 3.05) is 23.7 Å². The van der Waals surface area contributed by atoms with Gasteiger partial charge in [-0.05, 0) is 56.7 Å². The van der Waals surface area contributed by atoms with E-state index in [1.807, 2.05) is 32.9 Å². The number of carbonyl (C=O) groups is 3. The van der Waals surface area contributed by atoms with E-state index in [4.69, 9.17) is 11.6 Å². The molecule has 152 valence electrons. The van der Waals surface area contributed by atoms with Crippen LogP contribution >= 0.6 is 23.4 Å². The van der Waals surface area contributed by atoms with E-state index in [1.165, 1.54) is 16.7 Å². The number of carbonyl (C=O) groups excluding carboxylic acids is 3. The number of thioether (sulfide) groups is 1. The summed E-state index contributed by atoms with van der Waals surface area (Å²) in [5, 5.41) is 5.98. The first-order valence-electron chi connectivity index (χ1n) is 9.25. The number of hydrogen-bond donors (Lipinski definition) is 2. The summed E-state index contributed by atoms with van der Waals surface area (Å²) in [5.74, 6) is -0.664. The Balaban J connectivity index is 1.72. The zero-order valence-corrected chi connectivity index (χ0v) is 18.0. The van der Waals surface area contributed by atoms with E-state index >= 15 is 0 Å². The monoisotopic (exact) mass is 431 g/mol. The highest BCUT2D eigenvalue weighted by Gasteiger charge is 2.25. The predicted molar refractivity (Wildman–Crippen MR) is 117 cm³/mol. The van der Waals surface area contributed by atoms with Crippen molar-refractivity contribution in [3.63, 3.8) is 0 Å². The Morgan fingerprint density at radius 1 is 1.24 bits per heavy atom. The van der Waals surface area contributed by atoms with Gasteiger partial charge >= 0.3 is 0 Å². The van der Waals surface area contributed by atoms with E-state index in [0.29, 0.717) is 28.5 Å². The van der Waals surface area contributed by atoms with E-state index in [-0.39, 0.29) is 29.5 Å². The molecule has 3 rings (SSSR count). The van der Waals surface area contributed by atoms with Crippen molar-refractivity contribution in [1.82, 2.24) is 4.90 Å². The lowest BCUT2D eigenvalue weighted by atomic mass is 10.1. The molecule has 0 spiro atoms. The van der Waals surface area contributed by atoms with Gasteiger partial charge in [0.25, 0.3) is 5.91 Å².